The van der Waals surface area contributed by atoms with E-state index in [2.05, 4.69) is 4.74 Å². The third-order valence-corrected chi connectivity index (χ3v) is 5.62. The van der Waals surface area contributed by atoms with Crippen molar-refractivity contribution in [1.82, 2.24) is 0 Å². The summed E-state index contributed by atoms with van der Waals surface area (Å²) < 4.78 is 77.5. The molecule has 0 aromatic heterocycles. The lowest BCUT2D eigenvalue weighted by Gasteiger charge is -2.25. The second-order valence-corrected chi connectivity index (χ2v) is 7.55. The number of hydrogen-bond donors (Lipinski definition) is 0. The molecule has 0 heterocycles. The molecule has 2 aliphatic carbocycles. The molecule has 0 radical (unpaired) electrons. The van der Waals surface area contributed by atoms with Crippen molar-refractivity contribution in [2.75, 3.05) is 6.61 Å². The highest BCUT2D eigenvalue weighted by Crippen LogP contribution is 2.49. The Hall–Kier alpha value is -2.45. The first kappa shape index (κ1) is 22.2. The zero-order valence-electron chi connectivity index (χ0n) is 16.2. The van der Waals surface area contributed by atoms with Crippen molar-refractivity contribution in [2.45, 2.75) is 39.0 Å². The van der Waals surface area contributed by atoms with Gasteiger partial charge in [-0.1, -0.05) is 38.3 Å². The summed E-state index contributed by atoms with van der Waals surface area (Å²) in [6.45, 7) is 2.21. The van der Waals surface area contributed by atoms with Crippen LogP contribution in [0.4, 0.5) is 22.0 Å². The van der Waals surface area contributed by atoms with E-state index in [1.54, 1.807) is 12.2 Å². The summed E-state index contributed by atoms with van der Waals surface area (Å²) in [5, 5.41) is 0. The minimum absolute atomic E-state index is 0.176. The number of carbonyl (C=O) groups excluding carboxylic acids is 2. The van der Waals surface area contributed by atoms with Crippen LogP contribution in [0.2, 0.25) is 0 Å². The molecule has 0 spiro atoms. The Bertz CT molecular complexity index is 840. The summed E-state index contributed by atoms with van der Waals surface area (Å²) in [5.74, 6) is -17.6. The lowest BCUT2D eigenvalue weighted by Crippen LogP contribution is -2.37. The average Bonchev–Trinajstić information content (AvgIpc) is 3.35. The van der Waals surface area contributed by atoms with Crippen molar-refractivity contribution in [2.24, 2.45) is 23.7 Å². The van der Waals surface area contributed by atoms with E-state index < -0.39 is 64.5 Å². The van der Waals surface area contributed by atoms with E-state index in [0.29, 0.717) is 12.8 Å². The van der Waals surface area contributed by atoms with Crippen LogP contribution in [0.3, 0.4) is 0 Å². The molecule has 1 saturated carbocycles. The van der Waals surface area contributed by atoms with Gasteiger partial charge in [-0.3, -0.25) is 9.59 Å². The molecule has 3 rings (SSSR count). The van der Waals surface area contributed by atoms with Crippen LogP contribution >= 0.6 is 0 Å². The second-order valence-electron chi connectivity index (χ2n) is 7.55. The van der Waals surface area contributed by atoms with E-state index in [1.807, 2.05) is 6.92 Å². The normalized spacial score (nSPS) is 24.3. The van der Waals surface area contributed by atoms with Gasteiger partial charge in [0.2, 0.25) is 34.8 Å². The minimum atomic E-state index is -2.35. The van der Waals surface area contributed by atoms with Gasteiger partial charge in [-0.25, -0.2) is 13.2 Å². The molecule has 0 unspecified atom stereocenters. The van der Waals surface area contributed by atoms with E-state index in [0.717, 1.165) is 19.3 Å². The van der Waals surface area contributed by atoms with Gasteiger partial charge in [0.05, 0.1) is 18.4 Å². The van der Waals surface area contributed by atoms with Crippen molar-refractivity contribution in [3.8, 4) is 5.75 Å². The van der Waals surface area contributed by atoms with Crippen molar-refractivity contribution in [1.29, 1.82) is 0 Å². The number of benzene rings is 1. The summed E-state index contributed by atoms with van der Waals surface area (Å²) in [6.07, 6.45) is 7.42. The quantitative estimate of drug-likeness (QED) is 0.112. The van der Waals surface area contributed by atoms with Crippen molar-refractivity contribution in [3.05, 3.63) is 41.2 Å². The number of carbonyl (C=O) groups is 2. The minimum Gasteiger partial charge on any atom is -0.465 e. The molecule has 4 nitrogen and oxygen atoms in total. The van der Waals surface area contributed by atoms with Crippen LogP contribution in [0.5, 0.6) is 5.75 Å². The monoisotopic (exact) mass is 432 g/mol. The predicted octanol–water partition coefficient (Wildman–Crippen LogP) is 4.85. The first-order chi connectivity index (χ1) is 14.3. The molecule has 1 fully saturated rings. The third kappa shape index (κ3) is 4.06. The molecule has 2 aliphatic rings. The summed E-state index contributed by atoms with van der Waals surface area (Å²) >= 11 is 0. The smallest absolute Gasteiger partial charge is 0.316 e. The molecule has 30 heavy (non-hydrogen) atoms. The van der Waals surface area contributed by atoms with Gasteiger partial charge >= 0.3 is 11.9 Å². The number of ether oxygens (including phenoxy) is 2. The average molecular weight is 432 g/mol. The largest absolute Gasteiger partial charge is 0.465 e. The Balaban J connectivity index is 1.75. The zero-order chi connectivity index (χ0) is 22.0. The molecule has 0 aliphatic heterocycles. The summed E-state index contributed by atoms with van der Waals surface area (Å²) in [6, 6.07) is 0. The summed E-state index contributed by atoms with van der Waals surface area (Å²) in [5.41, 5.74) is 0. The van der Waals surface area contributed by atoms with Crippen LogP contribution in [-0.4, -0.2) is 18.5 Å². The number of unbranched alkanes of at least 4 members (excludes halogenated alkanes) is 3. The Morgan fingerprint density at radius 2 is 1.37 bits per heavy atom. The maximum absolute atomic E-state index is 13.9. The van der Waals surface area contributed by atoms with Gasteiger partial charge in [-0.2, -0.15) is 8.78 Å². The molecule has 1 aromatic carbocycles. The van der Waals surface area contributed by atoms with Gasteiger partial charge in [0.15, 0.2) is 0 Å². The van der Waals surface area contributed by atoms with Crippen LogP contribution < -0.4 is 4.74 Å². The molecule has 4 atom stereocenters. The SMILES string of the molecule is CCCCCCOC(=O)[C@H]1[C@@H](C(=O)Oc2c(F)c(F)c(F)c(F)c2F)[C@@H]2C=C[C@H]1C2. The number of fused-ring (bicyclic) bond motifs is 2. The lowest BCUT2D eigenvalue weighted by atomic mass is 9.83. The molecule has 2 bridgehead atoms. The third-order valence-electron chi connectivity index (χ3n) is 5.62. The lowest BCUT2D eigenvalue weighted by molar-refractivity contribution is -0.157. The molecule has 9 heteroatoms. The van der Waals surface area contributed by atoms with E-state index >= 15 is 0 Å². The number of allylic oxidation sites excluding steroid dienone is 2. The van der Waals surface area contributed by atoms with E-state index in [1.165, 1.54) is 0 Å². The highest BCUT2D eigenvalue weighted by molar-refractivity contribution is 5.85. The molecular formula is C21H21F5O4. The first-order valence-corrected chi connectivity index (χ1v) is 9.86. The molecule has 164 valence electrons. The van der Waals surface area contributed by atoms with Crippen LogP contribution in [0.1, 0.15) is 39.0 Å². The van der Waals surface area contributed by atoms with Crippen molar-refractivity contribution >= 4 is 11.9 Å². The number of rotatable bonds is 8. The van der Waals surface area contributed by atoms with Gasteiger partial charge in [0, 0.05) is 0 Å². The van der Waals surface area contributed by atoms with Crippen LogP contribution in [-0.2, 0) is 14.3 Å². The maximum atomic E-state index is 13.9. The van der Waals surface area contributed by atoms with Crippen molar-refractivity contribution in [3.63, 3.8) is 0 Å². The van der Waals surface area contributed by atoms with E-state index in [-0.39, 0.29) is 12.5 Å². The fraction of sp³-hybridized carbons (Fsp3) is 0.524. The van der Waals surface area contributed by atoms with Crippen LogP contribution in [0.25, 0.3) is 0 Å². The zero-order valence-corrected chi connectivity index (χ0v) is 16.2. The summed E-state index contributed by atoms with van der Waals surface area (Å²) in [7, 11) is 0. The van der Waals surface area contributed by atoms with E-state index in [4.69, 9.17) is 4.74 Å². The topological polar surface area (TPSA) is 52.6 Å². The second kappa shape index (κ2) is 9.14. The molecule has 0 amide bonds. The summed E-state index contributed by atoms with van der Waals surface area (Å²) in [4.78, 5) is 25.2. The first-order valence-electron chi connectivity index (χ1n) is 9.86. The van der Waals surface area contributed by atoms with Crippen molar-refractivity contribution < 1.29 is 41.0 Å². The maximum Gasteiger partial charge on any atom is 0.316 e. The van der Waals surface area contributed by atoms with Gasteiger partial charge in [-0.15, -0.1) is 0 Å². The van der Waals surface area contributed by atoms with Gasteiger partial charge < -0.3 is 9.47 Å². The van der Waals surface area contributed by atoms with Crippen LogP contribution in [0, 0.1) is 52.8 Å². The number of hydrogen-bond acceptors (Lipinski definition) is 4. The number of halogens is 5. The fourth-order valence-electron chi connectivity index (χ4n) is 4.11. The van der Waals surface area contributed by atoms with Crippen LogP contribution in [0.15, 0.2) is 12.2 Å². The highest BCUT2D eigenvalue weighted by Gasteiger charge is 2.53. The highest BCUT2D eigenvalue weighted by atomic mass is 19.2. The fourth-order valence-corrected chi connectivity index (χ4v) is 4.11. The Morgan fingerprint density at radius 3 is 1.93 bits per heavy atom. The predicted molar refractivity (Wildman–Crippen MR) is 94.7 cm³/mol. The molecule has 0 saturated heterocycles. The van der Waals surface area contributed by atoms with Gasteiger partial charge in [-0.05, 0) is 24.7 Å². The molecule has 1 aromatic rings. The molecule has 0 N–H and O–H groups in total. The van der Waals surface area contributed by atoms with Gasteiger partial charge in [0.1, 0.15) is 0 Å². The Morgan fingerprint density at radius 1 is 0.833 bits per heavy atom. The standard InChI is InChI=1S/C21H21F5O4/c1-2-3-4-5-8-29-20(27)12-10-6-7-11(9-10)13(12)21(28)30-19-17(25)15(23)14(22)16(24)18(19)26/h6-7,10-13H,2-5,8-9H2,1H3/t10-,11+,12+,13-/m0/s1. The van der Waals surface area contributed by atoms with E-state index in [9.17, 15) is 31.5 Å². The number of esters is 2. The Kier molecular flexibility index (Phi) is 6.77. The molecular weight excluding hydrogens is 411 g/mol. The van der Waals surface area contributed by atoms with Gasteiger partial charge in [0.25, 0.3) is 0 Å². The Labute approximate surface area is 170 Å².